The minimum absolute atomic E-state index is 0.395. The zero-order valence-electron chi connectivity index (χ0n) is 11.6. The van der Waals surface area contributed by atoms with Crippen molar-refractivity contribution < 1.29 is 0 Å². The van der Waals surface area contributed by atoms with Crippen molar-refractivity contribution in [3.63, 3.8) is 0 Å². The summed E-state index contributed by atoms with van der Waals surface area (Å²) in [5, 5.41) is 13.8. The van der Waals surface area contributed by atoms with Gasteiger partial charge in [0.25, 0.3) is 0 Å². The Bertz CT molecular complexity index is 479. The first-order chi connectivity index (χ1) is 9.20. The lowest BCUT2D eigenvalue weighted by molar-refractivity contribution is 0.665. The smallest absolute Gasteiger partial charge is 0.151 e. The fourth-order valence-electron chi connectivity index (χ4n) is 1.88. The maximum Gasteiger partial charge on any atom is 0.151 e. The van der Waals surface area contributed by atoms with E-state index >= 15 is 0 Å². The van der Waals surface area contributed by atoms with Crippen molar-refractivity contribution in [3.05, 3.63) is 40.2 Å². The third-order valence-electron chi connectivity index (χ3n) is 2.89. The number of aromatic nitrogens is 2. The zero-order chi connectivity index (χ0) is 13.7. The lowest BCUT2D eigenvalue weighted by atomic mass is 10.3. The van der Waals surface area contributed by atoms with Crippen molar-refractivity contribution in [2.75, 3.05) is 11.9 Å². The van der Waals surface area contributed by atoms with Gasteiger partial charge in [-0.2, -0.15) is 5.10 Å². The van der Waals surface area contributed by atoms with Gasteiger partial charge in [0, 0.05) is 17.5 Å². The van der Waals surface area contributed by atoms with Crippen molar-refractivity contribution >= 4 is 17.2 Å². The summed E-state index contributed by atoms with van der Waals surface area (Å²) in [6, 6.07) is 8.71. The van der Waals surface area contributed by atoms with Crippen molar-refractivity contribution in [1.29, 1.82) is 0 Å². The molecule has 1 N–H and O–H groups in total. The molecule has 0 spiro atoms. The quantitative estimate of drug-likeness (QED) is 0.880. The molecular weight excluding hydrogens is 256 g/mol. The van der Waals surface area contributed by atoms with Gasteiger partial charge in [0.2, 0.25) is 0 Å². The minimum atomic E-state index is 0.395. The van der Waals surface area contributed by atoms with Gasteiger partial charge in [0.1, 0.15) is 0 Å². The van der Waals surface area contributed by atoms with Crippen LogP contribution in [0.4, 0.5) is 5.82 Å². The highest BCUT2D eigenvalue weighted by Crippen LogP contribution is 2.19. The highest BCUT2D eigenvalue weighted by atomic mass is 32.1. The highest BCUT2D eigenvalue weighted by Gasteiger charge is 2.13. The molecule has 102 valence electrons. The van der Waals surface area contributed by atoms with Crippen LogP contribution in [-0.4, -0.2) is 23.3 Å². The number of hydrogen-bond donors (Lipinski definition) is 1. The molecule has 2 aromatic rings. The molecule has 0 aliphatic rings. The summed E-state index contributed by atoms with van der Waals surface area (Å²) >= 11 is 1.77. The second-order valence-corrected chi connectivity index (χ2v) is 5.75. The molecule has 0 aromatic carbocycles. The van der Waals surface area contributed by atoms with Crippen molar-refractivity contribution in [3.8, 4) is 0 Å². The van der Waals surface area contributed by atoms with Crippen LogP contribution < -0.4 is 10.2 Å². The second-order valence-electron chi connectivity index (χ2n) is 4.71. The van der Waals surface area contributed by atoms with Gasteiger partial charge in [0.15, 0.2) is 5.82 Å². The third kappa shape index (κ3) is 3.75. The molecule has 0 saturated heterocycles. The highest BCUT2D eigenvalue weighted by molar-refractivity contribution is 7.09. The molecule has 2 heterocycles. The Hall–Kier alpha value is -1.46. The average Bonchev–Trinajstić information content (AvgIpc) is 2.90. The summed E-state index contributed by atoms with van der Waals surface area (Å²) in [5.41, 5.74) is 0.964. The van der Waals surface area contributed by atoms with Crippen LogP contribution in [0, 0.1) is 0 Å². The van der Waals surface area contributed by atoms with Gasteiger partial charge in [-0.1, -0.05) is 6.07 Å². The Morgan fingerprint density at radius 2 is 2.11 bits per heavy atom. The van der Waals surface area contributed by atoms with E-state index in [0.29, 0.717) is 6.04 Å². The normalized spacial score (nSPS) is 10.9. The summed E-state index contributed by atoms with van der Waals surface area (Å²) in [6.07, 6.45) is 0. The molecule has 5 heteroatoms. The molecule has 4 nitrogen and oxygen atoms in total. The maximum absolute atomic E-state index is 4.34. The number of nitrogens with zero attached hydrogens (tertiary/aromatic N) is 3. The molecule has 0 aliphatic heterocycles. The molecule has 0 atom stereocenters. The molecule has 2 rings (SSSR count). The molecule has 0 saturated carbocycles. The Morgan fingerprint density at radius 3 is 2.63 bits per heavy atom. The van der Waals surface area contributed by atoms with Crippen molar-refractivity contribution in [1.82, 2.24) is 15.5 Å². The van der Waals surface area contributed by atoms with Crippen LogP contribution in [0.15, 0.2) is 29.6 Å². The van der Waals surface area contributed by atoms with Crippen molar-refractivity contribution in [2.24, 2.45) is 0 Å². The lowest BCUT2D eigenvalue weighted by Crippen LogP contribution is -2.30. The summed E-state index contributed by atoms with van der Waals surface area (Å²) in [6.45, 7) is 5.99. The van der Waals surface area contributed by atoms with Crippen LogP contribution in [0.3, 0.4) is 0 Å². The van der Waals surface area contributed by atoms with E-state index in [1.165, 1.54) is 4.88 Å². The van der Waals surface area contributed by atoms with Crippen LogP contribution in [0.5, 0.6) is 0 Å². The first kappa shape index (κ1) is 14.0. The first-order valence-electron chi connectivity index (χ1n) is 6.47. The van der Waals surface area contributed by atoms with E-state index in [-0.39, 0.29) is 0 Å². The maximum atomic E-state index is 4.34. The van der Waals surface area contributed by atoms with Crippen LogP contribution in [0.25, 0.3) is 0 Å². The number of anilines is 1. The number of thiophene rings is 1. The van der Waals surface area contributed by atoms with Gasteiger partial charge in [-0.05, 0) is 44.5 Å². The van der Waals surface area contributed by atoms with Crippen molar-refractivity contribution in [2.45, 2.75) is 33.0 Å². The predicted octanol–water partition coefficient (Wildman–Crippen LogP) is 2.67. The van der Waals surface area contributed by atoms with Gasteiger partial charge < -0.3 is 10.2 Å². The number of hydrogen-bond acceptors (Lipinski definition) is 5. The lowest BCUT2D eigenvalue weighted by Gasteiger charge is -2.26. The molecule has 0 aliphatic carbocycles. The van der Waals surface area contributed by atoms with Crippen LogP contribution in [-0.2, 0) is 13.1 Å². The fourth-order valence-corrected chi connectivity index (χ4v) is 2.58. The molecule has 19 heavy (non-hydrogen) atoms. The Kier molecular flexibility index (Phi) is 4.87. The van der Waals surface area contributed by atoms with E-state index in [9.17, 15) is 0 Å². The molecule has 0 radical (unpaired) electrons. The van der Waals surface area contributed by atoms with Gasteiger partial charge >= 0.3 is 0 Å². The molecule has 0 amide bonds. The van der Waals surface area contributed by atoms with Gasteiger partial charge in [0.05, 0.1) is 12.2 Å². The fraction of sp³-hybridized carbons (Fsp3) is 0.429. The number of nitrogens with one attached hydrogen (secondary N) is 1. The minimum Gasteiger partial charge on any atom is -0.348 e. The monoisotopic (exact) mass is 276 g/mol. The molecule has 2 aromatic heterocycles. The summed E-state index contributed by atoms with van der Waals surface area (Å²) in [7, 11) is 1.91. The Morgan fingerprint density at radius 1 is 1.26 bits per heavy atom. The molecule has 0 unspecified atom stereocenters. The standard InChI is InChI=1S/C14H20N4S/c1-11(2)18(10-13-5-4-8-19-13)14-7-6-12(9-15-3)16-17-14/h4-8,11,15H,9-10H2,1-3H3. The van der Waals surface area contributed by atoms with Crippen LogP contribution in [0.2, 0.25) is 0 Å². The summed E-state index contributed by atoms with van der Waals surface area (Å²) in [4.78, 5) is 3.61. The van der Waals surface area contributed by atoms with Crippen LogP contribution >= 0.6 is 11.3 Å². The zero-order valence-corrected chi connectivity index (χ0v) is 12.4. The Balaban J connectivity index is 2.14. The average molecular weight is 276 g/mol. The van der Waals surface area contributed by atoms with E-state index in [4.69, 9.17) is 0 Å². The topological polar surface area (TPSA) is 41.0 Å². The second kappa shape index (κ2) is 6.63. The van der Waals surface area contributed by atoms with Gasteiger partial charge in [-0.15, -0.1) is 16.4 Å². The van der Waals surface area contributed by atoms with E-state index < -0.39 is 0 Å². The molecule has 0 bridgehead atoms. The first-order valence-corrected chi connectivity index (χ1v) is 7.35. The van der Waals surface area contributed by atoms with E-state index in [1.54, 1.807) is 11.3 Å². The summed E-state index contributed by atoms with van der Waals surface area (Å²) in [5.74, 6) is 0.934. The van der Waals surface area contributed by atoms with E-state index in [0.717, 1.165) is 24.6 Å². The molecular formula is C14H20N4S. The predicted molar refractivity (Wildman–Crippen MR) is 80.4 cm³/mol. The van der Waals surface area contributed by atoms with E-state index in [2.05, 4.69) is 51.8 Å². The summed E-state index contributed by atoms with van der Waals surface area (Å²) < 4.78 is 0. The van der Waals surface area contributed by atoms with E-state index in [1.807, 2.05) is 19.2 Å². The van der Waals surface area contributed by atoms with Gasteiger partial charge in [-0.3, -0.25) is 0 Å². The third-order valence-corrected chi connectivity index (χ3v) is 3.75. The molecule has 0 fully saturated rings. The van der Waals surface area contributed by atoms with Crippen LogP contribution in [0.1, 0.15) is 24.4 Å². The van der Waals surface area contributed by atoms with Gasteiger partial charge in [-0.25, -0.2) is 0 Å². The number of rotatable bonds is 6. The SMILES string of the molecule is CNCc1ccc(N(Cc2cccs2)C(C)C)nn1. The largest absolute Gasteiger partial charge is 0.348 e. The Labute approximate surface area is 118 Å².